The van der Waals surface area contributed by atoms with Crippen molar-refractivity contribution in [2.45, 2.75) is 123 Å². The van der Waals surface area contributed by atoms with Gasteiger partial charge in [0.15, 0.2) is 0 Å². The highest BCUT2D eigenvalue weighted by atomic mass is 31.2. The first-order valence-corrected chi connectivity index (χ1v) is 19.4. The molecule has 1 aromatic carbocycles. The Labute approximate surface area is 287 Å². The van der Waals surface area contributed by atoms with Crippen LogP contribution in [-0.2, 0) is 18.6 Å². The minimum atomic E-state index is -4.56. The number of ether oxygens (including phenoxy) is 1. The minimum Gasteiger partial charge on any atom is -0.462 e. The Kier molecular flexibility index (Phi) is 11.3. The zero-order valence-electron chi connectivity index (χ0n) is 29.4. The van der Waals surface area contributed by atoms with Gasteiger partial charge in [0.1, 0.15) is 17.6 Å². The molecule has 0 aromatic heterocycles. The number of benzene rings is 1. The molecular formula is C36H54F4NO7P. The van der Waals surface area contributed by atoms with E-state index in [1.807, 2.05) is 6.92 Å². The van der Waals surface area contributed by atoms with Crippen LogP contribution in [0, 0.1) is 58.1 Å². The fraction of sp³-hybridized carbons (Fsp3) is 0.806. The molecule has 4 saturated carbocycles. The summed E-state index contributed by atoms with van der Waals surface area (Å²) in [7, 11) is -4.15. The molecule has 3 N–H and O–H groups in total. The van der Waals surface area contributed by atoms with E-state index in [9.17, 15) is 37.1 Å². The van der Waals surface area contributed by atoms with Gasteiger partial charge >= 0.3 is 19.9 Å². The van der Waals surface area contributed by atoms with Crippen molar-refractivity contribution >= 4 is 13.7 Å². The van der Waals surface area contributed by atoms with Gasteiger partial charge in [-0.25, -0.2) is 8.96 Å². The highest BCUT2D eigenvalue weighted by molar-refractivity contribution is 7.52. The quantitative estimate of drug-likeness (QED) is 0.120. The zero-order valence-corrected chi connectivity index (χ0v) is 30.3. The fourth-order valence-electron chi connectivity index (χ4n) is 10.6. The first-order valence-electron chi connectivity index (χ1n) is 17.9. The number of fused-ring (bicyclic) bond motifs is 5. The largest absolute Gasteiger partial charge is 0.462 e. The Bertz CT molecular complexity index is 1360. The van der Waals surface area contributed by atoms with E-state index in [1.54, 1.807) is 13.8 Å². The lowest BCUT2D eigenvalue weighted by Gasteiger charge is -2.64. The number of esters is 1. The maximum atomic E-state index is 14.7. The third-order valence-electron chi connectivity index (χ3n) is 12.8. The molecule has 5 unspecified atom stereocenters. The number of hydrogen-bond donors (Lipinski definition) is 3. The van der Waals surface area contributed by atoms with E-state index in [2.05, 4.69) is 18.9 Å². The normalized spacial score (nSPS) is 38.5. The second-order valence-corrected chi connectivity index (χ2v) is 17.8. The summed E-state index contributed by atoms with van der Waals surface area (Å²) in [6, 6.07) is 3.89. The smallest absolute Gasteiger partial charge is 0.459 e. The molecule has 0 bridgehead atoms. The molecule has 0 aliphatic heterocycles. The highest BCUT2D eigenvalue weighted by Crippen LogP contribution is 2.70. The molecule has 0 radical (unpaired) electrons. The standard InChI is InChI=1S/C36H54F4NO7P/c1-20(2)47-33(44)22(4)41-49(45,48-25-9-7-23(37)8-10-25)46-18-15-21(3)26-11-12-27-30-28(14-17-34(26,27)5)35(6)16-13-24(42)19-29(35)31(32(30)43)36(38,39)40/h7-10,20-22,24,26-32,42-43H,11-19H2,1-6H3,(H,41,45)/t21-,22+,24-,26-,27?,28?,29?,30?,31-,32+,34-,35-,49?/m1/s1. The van der Waals surface area contributed by atoms with Crippen molar-refractivity contribution in [1.82, 2.24) is 5.09 Å². The molecule has 4 aliphatic carbocycles. The Morgan fingerprint density at radius 2 is 1.61 bits per heavy atom. The number of carbonyl (C=O) groups is 1. The summed E-state index contributed by atoms with van der Waals surface area (Å²) in [6.45, 7) is 11.1. The van der Waals surface area contributed by atoms with E-state index in [-0.39, 0.29) is 47.9 Å². The molecule has 13 atom stereocenters. The number of carbonyl (C=O) groups excluding carboxylic acids is 1. The number of alkyl halides is 3. The molecule has 49 heavy (non-hydrogen) atoms. The Balaban J connectivity index is 1.30. The number of rotatable bonds is 11. The lowest BCUT2D eigenvalue weighted by Crippen LogP contribution is -2.64. The molecule has 13 heteroatoms. The van der Waals surface area contributed by atoms with Crippen molar-refractivity contribution in [3.8, 4) is 5.75 Å². The van der Waals surface area contributed by atoms with Gasteiger partial charge in [-0.05, 0) is 143 Å². The van der Waals surface area contributed by atoms with E-state index >= 15 is 0 Å². The molecule has 0 heterocycles. The van der Waals surface area contributed by atoms with E-state index < -0.39 is 73.2 Å². The number of nitrogens with one attached hydrogen (secondary N) is 1. The lowest BCUT2D eigenvalue weighted by molar-refractivity contribution is -0.289. The predicted octanol–water partition coefficient (Wildman–Crippen LogP) is 8.06. The van der Waals surface area contributed by atoms with E-state index in [4.69, 9.17) is 13.8 Å². The maximum Gasteiger partial charge on any atom is 0.459 e. The number of hydrogen-bond acceptors (Lipinski definition) is 7. The molecule has 4 fully saturated rings. The molecule has 0 spiro atoms. The Morgan fingerprint density at radius 3 is 2.24 bits per heavy atom. The molecule has 278 valence electrons. The predicted molar refractivity (Wildman–Crippen MR) is 176 cm³/mol. The third-order valence-corrected chi connectivity index (χ3v) is 14.5. The summed E-state index contributed by atoms with van der Waals surface area (Å²) in [6.07, 6.45) is -2.59. The van der Waals surface area contributed by atoms with Crippen LogP contribution in [0.25, 0.3) is 0 Å². The van der Waals surface area contributed by atoms with E-state index in [0.29, 0.717) is 19.3 Å². The van der Waals surface area contributed by atoms with Gasteiger partial charge in [0.2, 0.25) is 0 Å². The van der Waals surface area contributed by atoms with Crippen molar-refractivity contribution in [1.29, 1.82) is 0 Å². The molecular weight excluding hydrogens is 665 g/mol. The number of aliphatic hydroxyl groups excluding tert-OH is 2. The van der Waals surface area contributed by atoms with Crippen molar-refractivity contribution in [3.63, 3.8) is 0 Å². The van der Waals surface area contributed by atoms with Crippen LogP contribution in [0.15, 0.2) is 24.3 Å². The summed E-state index contributed by atoms with van der Waals surface area (Å²) in [5.41, 5.74) is -0.892. The monoisotopic (exact) mass is 719 g/mol. The van der Waals surface area contributed by atoms with Crippen molar-refractivity contribution in [2.24, 2.45) is 52.3 Å². The maximum absolute atomic E-state index is 14.7. The third kappa shape index (κ3) is 7.74. The van der Waals surface area contributed by atoms with E-state index in [1.165, 1.54) is 19.1 Å². The number of halogens is 4. The average Bonchev–Trinajstić information content (AvgIpc) is 3.35. The van der Waals surface area contributed by atoms with Gasteiger partial charge in [-0.1, -0.05) is 20.8 Å². The molecule has 0 amide bonds. The van der Waals surface area contributed by atoms with Crippen LogP contribution in [0.1, 0.15) is 92.9 Å². The van der Waals surface area contributed by atoms with Gasteiger partial charge < -0.3 is 19.5 Å². The lowest BCUT2D eigenvalue weighted by atomic mass is 9.41. The summed E-state index contributed by atoms with van der Waals surface area (Å²) in [5.74, 6) is -4.13. The molecule has 5 rings (SSSR count). The van der Waals surface area contributed by atoms with Crippen LogP contribution in [0.2, 0.25) is 0 Å². The molecule has 4 aliphatic rings. The van der Waals surface area contributed by atoms with E-state index in [0.717, 1.165) is 37.8 Å². The van der Waals surface area contributed by atoms with Gasteiger partial charge in [-0.3, -0.25) is 9.32 Å². The van der Waals surface area contributed by atoms with Crippen LogP contribution in [0.4, 0.5) is 17.6 Å². The van der Waals surface area contributed by atoms with Crippen LogP contribution in [0.3, 0.4) is 0 Å². The highest BCUT2D eigenvalue weighted by Gasteiger charge is 2.69. The van der Waals surface area contributed by atoms with Gasteiger partial charge in [0.05, 0.1) is 30.8 Å². The molecule has 0 saturated heterocycles. The average molecular weight is 720 g/mol. The Hall–Kier alpha value is -1.72. The second-order valence-electron chi connectivity index (χ2n) is 16.1. The van der Waals surface area contributed by atoms with Gasteiger partial charge in [-0.15, -0.1) is 0 Å². The van der Waals surface area contributed by atoms with Crippen LogP contribution >= 0.6 is 7.75 Å². The van der Waals surface area contributed by atoms with Gasteiger partial charge in [-0.2, -0.15) is 18.3 Å². The van der Waals surface area contributed by atoms with Crippen molar-refractivity contribution in [2.75, 3.05) is 6.61 Å². The second kappa shape index (κ2) is 14.4. The zero-order chi connectivity index (χ0) is 36.1. The minimum absolute atomic E-state index is 0.00272. The van der Waals surface area contributed by atoms with Crippen molar-refractivity contribution < 1.29 is 50.9 Å². The van der Waals surface area contributed by atoms with Crippen LogP contribution in [-0.4, -0.2) is 53.3 Å². The molecule has 1 aromatic rings. The summed E-state index contributed by atoms with van der Waals surface area (Å²) in [5, 5.41) is 24.7. The Morgan fingerprint density at radius 1 is 0.980 bits per heavy atom. The van der Waals surface area contributed by atoms with Crippen LogP contribution in [0.5, 0.6) is 5.75 Å². The summed E-state index contributed by atoms with van der Waals surface area (Å²) in [4.78, 5) is 12.5. The van der Waals surface area contributed by atoms with Crippen molar-refractivity contribution in [3.05, 3.63) is 30.1 Å². The first kappa shape index (κ1) is 38.5. The topological polar surface area (TPSA) is 114 Å². The summed E-state index contributed by atoms with van der Waals surface area (Å²) < 4.78 is 88.3. The first-order chi connectivity index (χ1) is 22.8. The molecule has 8 nitrogen and oxygen atoms in total. The van der Waals surface area contributed by atoms with Gasteiger partial charge in [0.25, 0.3) is 0 Å². The van der Waals surface area contributed by atoms with Crippen LogP contribution < -0.4 is 9.61 Å². The fourth-order valence-corrected chi connectivity index (χ4v) is 12.1. The van der Waals surface area contributed by atoms with Gasteiger partial charge in [0, 0.05) is 0 Å². The summed E-state index contributed by atoms with van der Waals surface area (Å²) >= 11 is 0. The SMILES string of the molecule is CC(C)OC(=O)[C@H](C)NP(=O)(OCC[C@@H](C)[C@H]1CCC2C3C(CC[C@@]21C)[C@@]1(C)CC[C@@H](O)CC1[C@@H](C(F)(F)F)[C@H]3O)Oc1ccc(F)cc1. The number of aliphatic hydroxyl groups is 2.